The molecular formula is C10H17N. The van der Waals surface area contributed by atoms with Crippen LogP contribution in [0, 0.1) is 0 Å². The second-order valence-electron chi connectivity index (χ2n) is 2.82. The van der Waals surface area contributed by atoms with E-state index in [0.29, 0.717) is 0 Å². The third-order valence-electron chi connectivity index (χ3n) is 1.76. The summed E-state index contributed by atoms with van der Waals surface area (Å²) in [7, 11) is 0. The molecule has 1 heteroatoms. The fraction of sp³-hybridized carbons (Fsp3) is 0.400. The lowest BCUT2D eigenvalue weighted by Crippen LogP contribution is -1.94. The molecule has 0 aromatic carbocycles. The first kappa shape index (κ1) is 10.0. The first-order valence-electron chi connectivity index (χ1n) is 3.77. The maximum Gasteiger partial charge on any atom is 0.00363 e. The molecule has 0 saturated carbocycles. The van der Waals surface area contributed by atoms with Gasteiger partial charge in [-0.2, -0.15) is 0 Å². The molecule has 0 aliphatic heterocycles. The molecule has 0 saturated heterocycles. The van der Waals surface area contributed by atoms with Crippen LogP contribution in [0.15, 0.2) is 35.7 Å². The zero-order chi connectivity index (χ0) is 8.85. The average molecular weight is 151 g/mol. The lowest BCUT2D eigenvalue weighted by molar-refractivity contribution is 1.13. The monoisotopic (exact) mass is 151 g/mol. The molecule has 11 heavy (non-hydrogen) atoms. The van der Waals surface area contributed by atoms with E-state index in [4.69, 9.17) is 0 Å². The third kappa shape index (κ3) is 3.66. The highest BCUT2D eigenvalue weighted by Crippen LogP contribution is 2.11. The largest absolute Gasteiger partial charge is 0.368 e. The summed E-state index contributed by atoms with van der Waals surface area (Å²) in [5.74, 6) is 0. The highest BCUT2D eigenvalue weighted by atomic mass is 14.8. The minimum Gasteiger partial charge on any atom is -0.368 e. The molecule has 0 aliphatic rings. The SMILES string of the molecule is C=CNC=C(C)C(C)=C(C)C. The van der Waals surface area contributed by atoms with Crippen LogP contribution in [0.1, 0.15) is 27.7 Å². The van der Waals surface area contributed by atoms with Crippen molar-refractivity contribution in [1.82, 2.24) is 5.32 Å². The van der Waals surface area contributed by atoms with Crippen LogP contribution in [0.25, 0.3) is 0 Å². The standard InChI is InChI=1S/C10H17N/c1-6-11-7-9(4)10(5)8(2)3/h6-7,11H,1H2,2-5H3. The zero-order valence-electron chi connectivity index (χ0n) is 7.86. The highest BCUT2D eigenvalue weighted by molar-refractivity contribution is 5.30. The summed E-state index contributed by atoms with van der Waals surface area (Å²) in [5, 5.41) is 2.95. The molecule has 1 nitrogen and oxygen atoms in total. The Balaban J connectivity index is 4.35. The van der Waals surface area contributed by atoms with Crippen LogP contribution >= 0.6 is 0 Å². The van der Waals surface area contributed by atoms with Gasteiger partial charge in [-0.1, -0.05) is 12.2 Å². The minimum atomic E-state index is 1.25. The first-order valence-corrected chi connectivity index (χ1v) is 3.77. The van der Waals surface area contributed by atoms with Crippen LogP contribution < -0.4 is 5.32 Å². The molecule has 0 fully saturated rings. The first-order chi connectivity index (χ1) is 5.09. The Morgan fingerprint density at radius 2 is 1.73 bits per heavy atom. The van der Waals surface area contributed by atoms with E-state index in [0.717, 1.165) is 0 Å². The minimum absolute atomic E-state index is 1.25. The van der Waals surface area contributed by atoms with Crippen molar-refractivity contribution >= 4 is 0 Å². The van der Waals surface area contributed by atoms with Crippen molar-refractivity contribution in [3.05, 3.63) is 35.7 Å². The van der Waals surface area contributed by atoms with Crippen molar-refractivity contribution in [2.75, 3.05) is 0 Å². The van der Waals surface area contributed by atoms with Crippen LogP contribution in [0.4, 0.5) is 0 Å². The van der Waals surface area contributed by atoms with Crippen LogP contribution in [0.5, 0.6) is 0 Å². The van der Waals surface area contributed by atoms with Gasteiger partial charge in [0.15, 0.2) is 0 Å². The van der Waals surface area contributed by atoms with Crippen LogP contribution in [-0.2, 0) is 0 Å². The number of nitrogens with one attached hydrogen (secondary N) is 1. The predicted molar refractivity (Wildman–Crippen MR) is 51.1 cm³/mol. The van der Waals surface area contributed by atoms with Crippen molar-refractivity contribution in [1.29, 1.82) is 0 Å². The lowest BCUT2D eigenvalue weighted by Gasteiger charge is -2.03. The fourth-order valence-corrected chi connectivity index (χ4v) is 0.687. The summed E-state index contributed by atoms with van der Waals surface area (Å²) in [6.45, 7) is 12.0. The van der Waals surface area contributed by atoms with Gasteiger partial charge >= 0.3 is 0 Å². The Kier molecular flexibility index (Phi) is 4.35. The van der Waals surface area contributed by atoms with Crippen molar-refractivity contribution in [3.8, 4) is 0 Å². The smallest absolute Gasteiger partial charge is 0.00363 e. The van der Waals surface area contributed by atoms with Gasteiger partial charge in [-0.15, -0.1) is 0 Å². The summed E-state index contributed by atoms with van der Waals surface area (Å²) < 4.78 is 0. The Hall–Kier alpha value is -0.980. The number of hydrogen-bond acceptors (Lipinski definition) is 1. The van der Waals surface area contributed by atoms with Gasteiger partial charge in [-0.3, -0.25) is 0 Å². The lowest BCUT2D eigenvalue weighted by atomic mass is 10.1. The number of rotatable bonds is 3. The molecule has 1 N–H and O–H groups in total. The van der Waals surface area contributed by atoms with E-state index in [-0.39, 0.29) is 0 Å². The van der Waals surface area contributed by atoms with Crippen molar-refractivity contribution < 1.29 is 0 Å². The summed E-state index contributed by atoms with van der Waals surface area (Å²) in [6, 6.07) is 0. The number of allylic oxidation sites excluding steroid dienone is 3. The van der Waals surface area contributed by atoms with Crippen molar-refractivity contribution in [2.24, 2.45) is 0 Å². The second kappa shape index (κ2) is 4.78. The molecule has 0 unspecified atom stereocenters. The Morgan fingerprint density at radius 3 is 2.09 bits per heavy atom. The topological polar surface area (TPSA) is 12.0 Å². The highest BCUT2D eigenvalue weighted by Gasteiger charge is 1.92. The van der Waals surface area contributed by atoms with E-state index in [1.165, 1.54) is 16.7 Å². The van der Waals surface area contributed by atoms with E-state index in [9.17, 15) is 0 Å². The van der Waals surface area contributed by atoms with Crippen LogP contribution in [-0.4, -0.2) is 0 Å². The molecule has 0 bridgehead atoms. The fourth-order valence-electron chi connectivity index (χ4n) is 0.687. The quantitative estimate of drug-likeness (QED) is 0.611. The maximum atomic E-state index is 3.57. The van der Waals surface area contributed by atoms with E-state index < -0.39 is 0 Å². The Bertz CT molecular complexity index is 193. The molecule has 62 valence electrons. The normalized spacial score (nSPS) is 10.7. The van der Waals surface area contributed by atoms with Gasteiger partial charge in [0.2, 0.25) is 0 Å². The van der Waals surface area contributed by atoms with Crippen LogP contribution in [0.2, 0.25) is 0 Å². The molecule has 0 aromatic heterocycles. The second-order valence-corrected chi connectivity index (χ2v) is 2.82. The predicted octanol–water partition coefficient (Wildman–Crippen LogP) is 2.98. The van der Waals surface area contributed by atoms with E-state index in [1.54, 1.807) is 6.20 Å². The van der Waals surface area contributed by atoms with Gasteiger partial charge in [0.1, 0.15) is 0 Å². The van der Waals surface area contributed by atoms with Crippen molar-refractivity contribution in [2.45, 2.75) is 27.7 Å². The van der Waals surface area contributed by atoms with Gasteiger partial charge in [-0.25, -0.2) is 0 Å². The van der Waals surface area contributed by atoms with Gasteiger partial charge < -0.3 is 5.32 Å². The van der Waals surface area contributed by atoms with Gasteiger partial charge in [0.05, 0.1) is 0 Å². The molecule has 0 amide bonds. The summed E-state index contributed by atoms with van der Waals surface area (Å²) in [5.41, 5.74) is 3.94. The average Bonchev–Trinajstić information content (AvgIpc) is 1.98. The molecular weight excluding hydrogens is 134 g/mol. The molecule has 0 aliphatic carbocycles. The van der Waals surface area contributed by atoms with Gasteiger partial charge in [0, 0.05) is 6.20 Å². The maximum absolute atomic E-state index is 3.57. The molecule has 0 heterocycles. The third-order valence-corrected chi connectivity index (χ3v) is 1.76. The molecule has 0 spiro atoms. The van der Waals surface area contributed by atoms with E-state index >= 15 is 0 Å². The van der Waals surface area contributed by atoms with E-state index in [1.807, 2.05) is 6.20 Å². The van der Waals surface area contributed by atoms with Gasteiger partial charge in [0.25, 0.3) is 0 Å². The molecule has 0 rings (SSSR count). The van der Waals surface area contributed by atoms with Gasteiger partial charge in [-0.05, 0) is 45.0 Å². The number of hydrogen-bond donors (Lipinski definition) is 1. The molecule has 0 radical (unpaired) electrons. The summed E-state index contributed by atoms with van der Waals surface area (Å²) in [6.07, 6.45) is 3.62. The molecule has 0 atom stereocenters. The van der Waals surface area contributed by atoms with Crippen LogP contribution in [0.3, 0.4) is 0 Å². The zero-order valence-corrected chi connectivity index (χ0v) is 7.86. The van der Waals surface area contributed by atoms with Crippen molar-refractivity contribution in [3.63, 3.8) is 0 Å². The molecule has 0 aromatic rings. The summed E-state index contributed by atoms with van der Waals surface area (Å²) >= 11 is 0. The van der Waals surface area contributed by atoms with E-state index in [2.05, 4.69) is 39.6 Å². The summed E-state index contributed by atoms with van der Waals surface area (Å²) in [4.78, 5) is 0. The Labute approximate surface area is 69.5 Å². The Morgan fingerprint density at radius 1 is 1.18 bits per heavy atom.